The highest BCUT2D eigenvalue weighted by molar-refractivity contribution is 5.92. The van der Waals surface area contributed by atoms with Gasteiger partial charge in [0.05, 0.1) is 0 Å². The number of hydrogen-bond acceptors (Lipinski definition) is 2. The van der Waals surface area contributed by atoms with Crippen LogP contribution in [0.5, 0.6) is 0 Å². The summed E-state index contributed by atoms with van der Waals surface area (Å²) in [5, 5.41) is 5.62. The Labute approximate surface area is 133 Å². The maximum absolute atomic E-state index is 12.4. The molecule has 0 unspecified atom stereocenters. The van der Waals surface area contributed by atoms with E-state index in [0.717, 1.165) is 38.8 Å². The number of benzene rings is 1. The van der Waals surface area contributed by atoms with E-state index in [1.165, 1.54) is 6.92 Å². The lowest BCUT2D eigenvalue weighted by Gasteiger charge is -2.23. The van der Waals surface area contributed by atoms with Crippen LogP contribution in [0.3, 0.4) is 0 Å². The van der Waals surface area contributed by atoms with Crippen LogP contribution in [-0.2, 0) is 4.79 Å². The third-order valence-corrected chi connectivity index (χ3v) is 3.28. The van der Waals surface area contributed by atoms with Crippen LogP contribution in [-0.4, -0.2) is 29.9 Å². The molecule has 5 heteroatoms. The maximum Gasteiger partial charge on any atom is 0.321 e. The molecule has 0 saturated carbocycles. The van der Waals surface area contributed by atoms with Crippen molar-refractivity contribution in [3.8, 4) is 0 Å². The number of nitrogens with zero attached hydrogens (tertiary/aromatic N) is 1. The van der Waals surface area contributed by atoms with Gasteiger partial charge < -0.3 is 15.5 Å². The van der Waals surface area contributed by atoms with Gasteiger partial charge in [-0.15, -0.1) is 0 Å². The summed E-state index contributed by atoms with van der Waals surface area (Å²) in [4.78, 5) is 25.3. The van der Waals surface area contributed by atoms with Crippen molar-refractivity contribution in [1.29, 1.82) is 0 Å². The molecule has 0 atom stereocenters. The monoisotopic (exact) mass is 305 g/mol. The fraction of sp³-hybridized carbons (Fsp3) is 0.529. The first-order chi connectivity index (χ1) is 10.6. The van der Waals surface area contributed by atoms with Gasteiger partial charge in [-0.2, -0.15) is 0 Å². The van der Waals surface area contributed by atoms with Gasteiger partial charge in [-0.25, -0.2) is 4.79 Å². The second-order valence-electron chi connectivity index (χ2n) is 5.39. The molecule has 22 heavy (non-hydrogen) atoms. The van der Waals surface area contributed by atoms with Gasteiger partial charge in [0.1, 0.15) is 0 Å². The number of amides is 3. The van der Waals surface area contributed by atoms with Crippen LogP contribution in [0.4, 0.5) is 16.2 Å². The van der Waals surface area contributed by atoms with Crippen molar-refractivity contribution in [3.63, 3.8) is 0 Å². The summed E-state index contributed by atoms with van der Waals surface area (Å²) < 4.78 is 0. The summed E-state index contributed by atoms with van der Waals surface area (Å²) in [6.45, 7) is 7.24. The SMILES string of the molecule is CCCCN(CCCC)C(=O)Nc1cccc(NC(C)=O)c1. The first-order valence-electron chi connectivity index (χ1n) is 8.00. The van der Waals surface area contributed by atoms with E-state index in [1.54, 1.807) is 12.1 Å². The Hall–Kier alpha value is -2.04. The molecule has 1 aromatic rings. The quantitative estimate of drug-likeness (QED) is 0.760. The Kier molecular flexibility index (Phi) is 8.04. The number of nitrogens with one attached hydrogen (secondary N) is 2. The van der Waals surface area contributed by atoms with Crippen LogP contribution >= 0.6 is 0 Å². The third kappa shape index (κ3) is 6.61. The summed E-state index contributed by atoms with van der Waals surface area (Å²) in [5.74, 6) is -0.129. The Morgan fingerprint density at radius 3 is 2.05 bits per heavy atom. The summed E-state index contributed by atoms with van der Waals surface area (Å²) >= 11 is 0. The van der Waals surface area contributed by atoms with Gasteiger partial charge in [0.25, 0.3) is 0 Å². The number of anilines is 2. The van der Waals surface area contributed by atoms with E-state index in [0.29, 0.717) is 11.4 Å². The second-order valence-corrected chi connectivity index (χ2v) is 5.39. The number of rotatable bonds is 8. The zero-order valence-corrected chi connectivity index (χ0v) is 13.8. The molecule has 1 aromatic carbocycles. The Bertz CT molecular complexity index is 481. The van der Waals surface area contributed by atoms with Crippen molar-refractivity contribution in [2.24, 2.45) is 0 Å². The van der Waals surface area contributed by atoms with Crippen molar-refractivity contribution < 1.29 is 9.59 Å². The maximum atomic E-state index is 12.4. The van der Waals surface area contributed by atoms with Crippen molar-refractivity contribution in [2.75, 3.05) is 23.7 Å². The lowest BCUT2D eigenvalue weighted by molar-refractivity contribution is -0.114. The van der Waals surface area contributed by atoms with E-state index in [9.17, 15) is 9.59 Å². The van der Waals surface area contributed by atoms with E-state index in [4.69, 9.17) is 0 Å². The summed E-state index contributed by atoms with van der Waals surface area (Å²) in [7, 11) is 0. The molecule has 122 valence electrons. The van der Waals surface area contributed by atoms with Gasteiger partial charge in [-0.05, 0) is 31.0 Å². The molecule has 0 saturated heterocycles. The standard InChI is InChI=1S/C17H27N3O2/c1-4-6-11-20(12-7-5-2)17(22)19-16-10-8-9-15(13-16)18-14(3)21/h8-10,13H,4-7,11-12H2,1-3H3,(H,18,21)(H,19,22). The van der Waals surface area contributed by atoms with E-state index in [1.807, 2.05) is 17.0 Å². The molecule has 0 radical (unpaired) electrons. The highest BCUT2D eigenvalue weighted by atomic mass is 16.2. The van der Waals surface area contributed by atoms with E-state index < -0.39 is 0 Å². The highest BCUT2D eigenvalue weighted by Crippen LogP contribution is 2.16. The first-order valence-corrected chi connectivity index (χ1v) is 8.00. The summed E-state index contributed by atoms with van der Waals surface area (Å²) in [6, 6.07) is 7.10. The molecule has 0 aliphatic heterocycles. The van der Waals surface area contributed by atoms with Crippen molar-refractivity contribution in [3.05, 3.63) is 24.3 Å². The minimum absolute atomic E-state index is 0.0816. The Balaban J connectivity index is 2.68. The average Bonchev–Trinajstić information content (AvgIpc) is 2.47. The van der Waals surface area contributed by atoms with Crippen LogP contribution in [0.1, 0.15) is 46.5 Å². The third-order valence-electron chi connectivity index (χ3n) is 3.28. The van der Waals surface area contributed by atoms with E-state index in [2.05, 4.69) is 24.5 Å². The molecule has 0 aliphatic rings. The van der Waals surface area contributed by atoms with Gasteiger partial charge in [0.2, 0.25) is 5.91 Å². The molecule has 5 nitrogen and oxygen atoms in total. The lowest BCUT2D eigenvalue weighted by Crippen LogP contribution is -2.36. The van der Waals surface area contributed by atoms with Gasteiger partial charge in [0, 0.05) is 31.4 Å². The molecule has 0 spiro atoms. The highest BCUT2D eigenvalue weighted by Gasteiger charge is 2.12. The van der Waals surface area contributed by atoms with Gasteiger partial charge in [0.15, 0.2) is 0 Å². The van der Waals surface area contributed by atoms with E-state index in [-0.39, 0.29) is 11.9 Å². The average molecular weight is 305 g/mol. The molecule has 2 N–H and O–H groups in total. The normalized spacial score (nSPS) is 10.1. The van der Waals surface area contributed by atoms with Crippen LogP contribution in [0, 0.1) is 0 Å². The lowest BCUT2D eigenvalue weighted by atomic mass is 10.2. The predicted molar refractivity (Wildman–Crippen MR) is 91.2 cm³/mol. The number of hydrogen-bond donors (Lipinski definition) is 2. The largest absolute Gasteiger partial charge is 0.326 e. The second kappa shape index (κ2) is 9.82. The zero-order chi connectivity index (χ0) is 16.4. The van der Waals surface area contributed by atoms with E-state index >= 15 is 0 Å². The molecule has 0 bridgehead atoms. The van der Waals surface area contributed by atoms with Gasteiger partial charge in [-0.3, -0.25) is 4.79 Å². The van der Waals surface area contributed by atoms with Gasteiger partial charge in [-0.1, -0.05) is 32.8 Å². The van der Waals surface area contributed by atoms with Gasteiger partial charge >= 0.3 is 6.03 Å². The molecule has 1 rings (SSSR count). The van der Waals surface area contributed by atoms with Crippen LogP contribution in [0.15, 0.2) is 24.3 Å². The number of carbonyl (C=O) groups is 2. The van der Waals surface area contributed by atoms with Crippen LogP contribution < -0.4 is 10.6 Å². The summed E-state index contributed by atoms with van der Waals surface area (Å²) in [6.07, 6.45) is 4.13. The Morgan fingerprint density at radius 1 is 1.00 bits per heavy atom. The topological polar surface area (TPSA) is 61.4 Å². The molecule has 3 amide bonds. The molecular weight excluding hydrogens is 278 g/mol. The fourth-order valence-corrected chi connectivity index (χ4v) is 2.09. The smallest absolute Gasteiger partial charge is 0.321 e. The first kappa shape index (κ1) is 18.0. The van der Waals surface area contributed by atoms with Crippen LogP contribution in [0.25, 0.3) is 0 Å². The molecule has 0 fully saturated rings. The minimum Gasteiger partial charge on any atom is -0.326 e. The summed E-state index contributed by atoms with van der Waals surface area (Å²) in [5.41, 5.74) is 1.37. The number of unbranched alkanes of at least 4 members (excludes halogenated alkanes) is 2. The number of carbonyl (C=O) groups excluding carboxylic acids is 2. The van der Waals surface area contributed by atoms with Crippen molar-refractivity contribution in [2.45, 2.75) is 46.5 Å². The van der Waals surface area contributed by atoms with Crippen molar-refractivity contribution >= 4 is 23.3 Å². The van der Waals surface area contributed by atoms with Crippen molar-refractivity contribution in [1.82, 2.24) is 4.90 Å². The molecule has 0 heterocycles. The predicted octanol–water partition coefficient (Wildman–Crippen LogP) is 4.08. The Morgan fingerprint density at radius 2 is 1.55 bits per heavy atom. The molecule has 0 aliphatic carbocycles. The molecular formula is C17H27N3O2. The van der Waals surface area contributed by atoms with Crippen LogP contribution in [0.2, 0.25) is 0 Å². The zero-order valence-electron chi connectivity index (χ0n) is 13.8. The molecule has 0 aromatic heterocycles. The fourth-order valence-electron chi connectivity index (χ4n) is 2.09. The minimum atomic E-state index is -0.129. The number of urea groups is 1.